The van der Waals surface area contributed by atoms with E-state index in [4.69, 9.17) is 14.5 Å². The Kier molecular flexibility index (Phi) is 11.9. The van der Waals surface area contributed by atoms with Gasteiger partial charge in [0.1, 0.15) is 0 Å². The maximum atomic E-state index is 5.49. The minimum atomic E-state index is 0.811. The number of aliphatic imine (C=N–C) groups is 1. The number of fused-ring (bicyclic) bond motifs is 1. The fourth-order valence-corrected chi connectivity index (χ4v) is 4.32. The second kappa shape index (κ2) is 14.5. The Morgan fingerprint density at radius 3 is 1.79 bits per heavy atom. The molecule has 0 N–H and O–H groups in total. The molecule has 0 radical (unpaired) electrons. The van der Waals surface area contributed by atoms with Crippen LogP contribution in [0.3, 0.4) is 0 Å². The molecule has 0 atom stereocenters. The van der Waals surface area contributed by atoms with Crippen molar-refractivity contribution >= 4 is 5.71 Å². The summed E-state index contributed by atoms with van der Waals surface area (Å²) in [5.74, 6) is 1.64. The zero-order chi connectivity index (χ0) is 20.7. The molecular formula is C26H43NO2. The molecule has 0 amide bonds. The van der Waals surface area contributed by atoms with E-state index < -0.39 is 0 Å². The van der Waals surface area contributed by atoms with Gasteiger partial charge in [-0.1, -0.05) is 84.0 Å². The summed E-state index contributed by atoms with van der Waals surface area (Å²) < 4.78 is 10.9. The van der Waals surface area contributed by atoms with Gasteiger partial charge in [0.2, 0.25) is 0 Å². The lowest BCUT2D eigenvalue weighted by Gasteiger charge is -2.19. The Morgan fingerprint density at radius 2 is 1.24 bits per heavy atom. The largest absolute Gasteiger partial charge is 0.493 e. The molecule has 0 aliphatic carbocycles. The average Bonchev–Trinajstić information content (AvgIpc) is 2.76. The molecule has 1 heterocycles. The fourth-order valence-electron chi connectivity index (χ4n) is 4.32. The molecule has 1 aromatic carbocycles. The predicted octanol–water partition coefficient (Wildman–Crippen LogP) is 7.53. The highest BCUT2D eigenvalue weighted by molar-refractivity contribution is 6.03. The van der Waals surface area contributed by atoms with Crippen LogP contribution in [-0.4, -0.2) is 26.5 Å². The van der Waals surface area contributed by atoms with Gasteiger partial charge in [0, 0.05) is 17.8 Å². The van der Waals surface area contributed by atoms with Gasteiger partial charge in [-0.2, -0.15) is 0 Å². The summed E-state index contributed by atoms with van der Waals surface area (Å²) in [5, 5.41) is 0. The van der Waals surface area contributed by atoms with Crippen molar-refractivity contribution in [2.45, 2.75) is 103 Å². The van der Waals surface area contributed by atoms with Gasteiger partial charge in [-0.15, -0.1) is 0 Å². The van der Waals surface area contributed by atoms with Crippen molar-refractivity contribution in [2.75, 3.05) is 20.8 Å². The highest BCUT2D eigenvalue weighted by atomic mass is 16.5. The number of rotatable bonds is 16. The van der Waals surface area contributed by atoms with Gasteiger partial charge in [0.05, 0.1) is 14.2 Å². The molecule has 1 aliphatic rings. The number of ether oxygens (including phenoxy) is 2. The van der Waals surface area contributed by atoms with Gasteiger partial charge < -0.3 is 9.47 Å². The third-order valence-electron chi connectivity index (χ3n) is 6.12. The number of benzene rings is 1. The number of hydrogen-bond acceptors (Lipinski definition) is 3. The molecule has 29 heavy (non-hydrogen) atoms. The highest BCUT2D eigenvalue weighted by Crippen LogP contribution is 2.33. The van der Waals surface area contributed by atoms with Crippen LogP contribution in [0.1, 0.15) is 108 Å². The summed E-state index contributed by atoms with van der Waals surface area (Å²) in [5.41, 5.74) is 3.88. The molecule has 0 bridgehead atoms. The lowest BCUT2D eigenvalue weighted by molar-refractivity contribution is 0.354. The molecule has 0 spiro atoms. The summed E-state index contributed by atoms with van der Waals surface area (Å²) in [4.78, 5) is 4.82. The molecule has 0 saturated carbocycles. The normalized spacial score (nSPS) is 13.1. The number of unbranched alkanes of at least 4 members (excludes halogenated alkanes) is 12. The van der Waals surface area contributed by atoms with Gasteiger partial charge in [-0.3, -0.25) is 4.99 Å². The Labute approximate surface area is 179 Å². The molecule has 1 aliphatic heterocycles. The van der Waals surface area contributed by atoms with Gasteiger partial charge in [-0.25, -0.2) is 0 Å². The predicted molar refractivity (Wildman–Crippen MR) is 125 cm³/mol. The van der Waals surface area contributed by atoms with Crippen molar-refractivity contribution < 1.29 is 9.47 Å². The number of hydrogen-bond donors (Lipinski definition) is 0. The molecule has 3 nitrogen and oxygen atoms in total. The smallest absolute Gasteiger partial charge is 0.161 e. The van der Waals surface area contributed by atoms with Crippen LogP contribution >= 0.6 is 0 Å². The quantitative estimate of drug-likeness (QED) is 0.268. The maximum absolute atomic E-state index is 5.49. The van der Waals surface area contributed by atoms with Crippen LogP contribution in [0.4, 0.5) is 0 Å². The summed E-state index contributed by atoms with van der Waals surface area (Å²) >= 11 is 0. The Bertz CT molecular complexity index is 609. The molecular weight excluding hydrogens is 358 g/mol. The molecule has 2 rings (SSSR count). The Morgan fingerprint density at radius 1 is 0.724 bits per heavy atom. The molecule has 0 unspecified atom stereocenters. The minimum Gasteiger partial charge on any atom is -0.493 e. The van der Waals surface area contributed by atoms with Crippen LogP contribution in [0.25, 0.3) is 0 Å². The second-order valence-corrected chi connectivity index (χ2v) is 8.44. The van der Waals surface area contributed by atoms with Crippen molar-refractivity contribution in [2.24, 2.45) is 4.99 Å². The van der Waals surface area contributed by atoms with Crippen molar-refractivity contribution in [1.29, 1.82) is 0 Å². The topological polar surface area (TPSA) is 30.8 Å². The summed E-state index contributed by atoms with van der Waals surface area (Å²) in [6, 6.07) is 4.25. The maximum Gasteiger partial charge on any atom is 0.161 e. The standard InChI is InChI=1S/C26H43NO2/c1-4-5-6-7-8-9-10-11-12-13-14-15-16-17-24-23-21-26(29-3)25(28-2)20-22(23)18-19-27-24/h20-21H,4-19H2,1-3H3. The minimum absolute atomic E-state index is 0.811. The summed E-state index contributed by atoms with van der Waals surface area (Å²) in [7, 11) is 3.41. The second-order valence-electron chi connectivity index (χ2n) is 8.44. The van der Waals surface area contributed by atoms with E-state index in [2.05, 4.69) is 19.1 Å². The first-order chi connectivity index (χ1) is 14.3. The fraction of sp³-hybridized carbons (Fsp3) is 0.731. The lowest BCUT2D eigenvalue weighted by atomic mass is 9.93. The van der Waals surface area contributed by atoms with E-state index in [-0.39, 0.29) is 0 Å². The SMILES string of the molecule is CCCCCCCCCCCCCCCC1=NCCc2cc(OC)c(OC)cc21. The average molecular weight is 402 g/mol. The van der Waals surface area contributed by atoms with Gasteiger partial charge >= 0.3 is 0 Å². The zero-order valence-electron chi connectivity index (χ0n) is 19.2. The highest BCUT2D eigenvalue weighted by Gasteiger charge is 2.18. The van der Waals surface area contributed by atoms with Crippen molar-refractivity contribution in [1.82, 2.24) is 0 Å². The zero-order valence-corrected chi connectivity index (χ0v) is 19.2. The van der Waals surface area contributed by atoms with Crippen LogP contribution in [-0.2, 0) is 6.42 Å². The molecule has 0 aromatic heterocycles. The van der Waals surface area contributed by atoms with E-state index in [1.165, 1.54) is 100 Å². The number of nitrogens with zero attached hydrogens (tertiary/aromatic N) is 1. The first kappa shape index (κ1) is 23.8. The monoisotopic (exact) mass is 401 g/mol. The van der Waals surface area contributed by atoms with Crippen LogP contribution in [0, 0.1) is 0 Å². The van der Waals surface area contributed by atoms with Crippen molar-refractivity contribution in [3.63, 3.8) is 0 Å². The van der Waals surface area contributed by atoms with E-state index in [1.54, 1.807) is 14.2 Å². The van der Waals surface area contributed by atoms with E-state index >= 15 is 0 Å². The Hall–Kier alpha value is -1.51. The summed E-state index contributed by atoms with van der Waals surface area (Å²) in [6.45, 7) is 3.19. The van der Waals surface area contributed by atoms with Crippen LogP contribution in [0.2, 0.25) is 0 Å². The van der Waals surface area contributed by atoms with Crippen LogP contribution in [0.5, 0.6) is 11.5 Å². The number of methoxy groups -OCH3 is 2. The van der Waals surface area contributed by atoms with E-state index in [9.17, 15) is 0 Å². The molecule has 0 saturated heterocycles. The first-order valence-corrected chi connectivity index (χ1v) is 12.1. The molecule has 3 heteroatoms. The van der Waals surface area contributed by atoms with E-state index in [1.807, 2.05) is 0 Å². The van der Waals surface area contributed by atoms with Gasteiger partial charge in [-0.05, 0) is 37.0 Å². The third-order valence-corrected chi connectivity index (χ3v) is 6.12. The van der Waals surface area contributed by atoms with Crippen molar-refractivity contribution in [3.05, 3.63) is 23.3 Å². The van der Waals surface area contributed by atoms with Crippen molar-refractivity contribution in [3.8, 4) is 11.5 Å². The van der Waals surface area contributed by atoms with E-state index in [0.29, 0.717) is 0 Å². The molecule has 0 fully saturated rings. The third kappa shape index (κ3) is 8.40. The molecule has 1 aromatic rings. The van der Waals surface area contributed by atoms with E-state index in [0.717, 1.165) is 30.9 Å². The van der Waals surface area contributed by atoms with Crippen LogP contribution < -0.4 is 9.47 Å². The Balaban J connectivity index is 1.58. The summed E-state index contributed by atoms with van der Waals surface area (Å²) in [6.07, 6.45) is 20.2. The van der Waals surface area contributed by atoms with Crippen LogP contribution in [0.15, 0.2) is 17.1 Å². The first-order valence-electron chi connectivity index (χ1n) is 12.1. The lowest BCUT2D eigenvalue weighted by Crippen LogP contribution is -2.13. The van der Waals surface area contributed by atoms with Gasteiger partial charge in [0.25, 0.3) is 0 Å². The van der Waals surface area contributed by atoms with Gasteiger partial charge in [0.15, 0.2) is 11.5 Å². The molecule has 164 valence electrons.